The van der Waals surface area contributed by atoms with E-state index in [2.05, 4.69) is 10.3 Å². The Bertz CT molecular complexity index is 1050. The van der Waals surface area contributed by atoms with E-state index < -0.39 is 0 Å². The molecule has 2 aromatic carbocycles. The second kappa shape index (κ2) is 9.60. The number of thioether (sulfide) groups is 1. The van der Waals surface area contributed by atoms with E-state index in [0.717, 1.165) is 12.2 Å². The van der Waals surface area contributed by atoms with Crippen LogP contribution < -0.4 is 15.6 Å². The van der Waals surface area contributed by atoms with Crippen molar-refractivity contribution in [3.8, 4) is 11.4 Å². The number of ether oxygens (including phenoxy) is 1. The van der Waals surface area contributed by atoms with Crippen molar-refractivity contribution in [1.82, 2.24) is 14.9 Å². The van der Waals surface area contributed by atoms with Gasteiger partial charge in [0.15, 0.2) is 5.16 Å². The highest BCUT2D eigenvalue weighted by molar-refractivity contribution is 7.99. The zero-order valence-corrected chi connectivity index (χ0v) is 17.7. The van der Waals surface area contributed by atoms with Crippen molar-refractivity contribution in [1.29, 1.82) is 0 Å². The summed E-state index contributed by atoms with van der Waals surface area (Å²) in [5.74, 6) is 0.844. The fraction of sp³-hybridized carbons (Fsp3) is 0.318. The maximum atomic E-state index is 13.2. The van der Waals surface area contributed by atoms with Crippen LogP contribution in [0.4, 0.5) is 0 Å². The zero-order valence-electron chi connectivity index (χ0n) is 16.8. The van der Waals surface area contributed by atoms with Gasteiger partial charge in [-0.25, -0.2) is 4.98 Å². The van der Waals surface area contributed by atoms with E-state index in [4.69, 9.17) is 4.74 Å². The summed E-state index contributed by atoms with van der Waals surface area (Å²) in [5, 5.41) is 3.96. The van der Waals surface area contributed by atoms with Crippen molar-refractivity contribution < 1.29 is 9.53 Å². The van der Waals surface area contributed by atoms with E-state index in [1.165, 1.54) is 11.8 Å². The minimum atomic E-state index is -0.162. The normalized spacial score (nSPS) is 12.0. The average molecular weight is 412 g/mol. The molecule has 0 aliphatic rings. The quantitative estimate of drug-likeness (QED) is 0.451. The number of nitrogens with one attached hydrogen (secondary N) is 1. The number of rotatable bonds is 8. The third kappa shape index (κ3) is 4.98. The first-order chi connectivity index (χ1) is 14.0. The molecule has 0 saturated heterocycles. The molecular formula is C22H25N3O3S. The Hall–Kier alpha value is -2.80. The van der Waals surface area contributed by atoms with Crippen LogP contribution >= 0.6 is 11.8 Å². The Labute approximate surface area is 174 Å². The number of benzene rings is 2. The topological polar surface area (TPSA) is 73.2 Å². The summed E-state index contributed by atoms with van der Waals surface area (Å²) in [6.07, 6.45) is 0.863. The van der Waals surface area contributed by atoms with E-state index in [1.54, 1.807) is 10.6 Å². The Morgan fingerprint density at radius 1 is 1.17 bits per heavy atom. The molecule has 1 aromatic heterocycles. The SMILES string of the molecule is CCOc1ccc(-n2c(SCC(=O)N[C@H](C)CC)nc3ccccc3c2=O)cc1. The summed E-state index contributed by atoms with van der Waals surface area (Å²) in [4.78, 5) is 30.1. The number of amides is 1. The maximum Gasteiger partial charge on any atom is 0.266 e. The summed E-state index contributed by atoms with van der Waals surface area (Å²) in [6, 6.07) is 14.6. The molecule has 7 heteroatoms. The number of para-hydroxylation sites is 1. The van der Waals surface area contributed by atoms with Gasteiger partial charge >= 0.3 is 0 Å². The lowest BCUT2D eigenvalue weighted by Crippen LogP contribution is -2.33. The molecular weight excluding hydrogens is 386 g/mol. The summed E-state index contributed by atoms with van der Waals surface area (Å²) >= 11 is 1.25. The van der Waals surface area contributed by atoms with Gasteiger partial charge in [-0.15, -0.1) is 0 Å². The van der Waals surface area contributed by atoms with Crippen molar-refractivity contribution in [2.24, 2.45) is 0 Å². The van der Waals surface area contributed by atoms with Gasteiger partial charge in [0.25, 0.3) is 5.56 Å². The molecule has 0 bridgehead atoms. The molecule has 0 aliphatic carbocycles. The van der Waals surface area contributed by atoms with Gasteiger partial charge in [-0.3, -0.25) is 14.2 Å². The first-order valence-corrected chi connectivity index (χ1v) is 10.7. The van der Waals surface area contributed by atoms with Gasteiger partial charge in [0.2, 0.25) is 5.91 Å². The third-order valence-electron chi connectivity index (χ3n) is 4.50. The van der Waals surface area contributed by atoms with E-state index in [0.29, 0.717) is 28.4 Å². The van der Waals surface area contributed by atoms with Crippen molar-refractivity contribution in [3.63, 3.8) is 0 Å². The molecule has 1 amide bonds. The lowest BCUT2D eigenvalue weighted by Gasteiger charge is -2.15. The maximum absolute atomic E-state index is 13.2. The lowest BCUT2D eigenvalue weighted by molar-refractivity contribution is -0.119. The Kier molecular flexibility index (Phi) is 6.93. The van der Waals surface area contributed by atoms with Crippen LogP contribution in [0.25, 0.3) is 16.6 Å². The number of nitrogens with zero attached hydrogens (tertiary/aromatic N) is 2. The number of fused-ring (bicyclic) bond motifs is 1. The molecule has 3 aromatic rings. The Balaban J connectivity index is 1.99. The largest absolute Gasteiger partial charge is 0.494 e. The highest BCUT2D eigenvalue weighted by atomic mass is 32.2. The van der Waals surface area contributed by atoms with Crippen LogP contribution in [0.2, 0.25) is 0 Å². The summed E-state index contributed by atoms with van der Waals surface area (Å²) in [5.41, 5.74) is 1.13. The monoisotopic (exact) mass is 411 g/mol. The van der Waals surface area contributed by atoms with Gasteiger partial charge in [0.1, 0.15) is 5.75 Å². The number of carbonyl (C=O) groups is 1. The average Bonchev–Trinajstić information content (AvgIpc) is 2.73. The summed E-state index contributed by atoms with van der Waals surface area (Å²) < 4.78 is 7.05. The molecule has 0 radical (unpaired) electrons. The van der Waals surface area contributed by atoms with Gasteiger partial charge in [-0.1, -0.05) is 30.8 Å². The Morgan fingerprint density at radius 3 is 2.59 bits per heavy atom. The van der Waals surface area contributed by atoms with Crippen molar-refractivity contribution >= 4 is 28.6 Å². The van der Waals surface area contributed by atoms with E-state index in [1.807, 2.05) is 63.2 Å². The molecule has 0 unspecified atom stereocenters. The molecule has 1 atom stereocenters. The first-order valence-electron chi connectivity index (χ1n) is 9.70. The molecule has 0 saturated carbocycles. The standard InChI is InChI=1S/C22H25N3O3S/c1-4-15(3)23-20(26)14-29-22-24-19-9-7-6-8-18(19)21(27)25(22)16-10-12-17(13-11-16)28-5-2/h6-13,15H,4-5,14H2,1-3H3,(H,23,26)/t15-/m1/s1. The van der Waals surface area contributed by atoms with Crippen molar-refractivity contribution in [2.75, 3.05) is 12.4 Å². The minimum absolute atomic E-state index is 0.0787. The van der Waals surface area contributed by atoms with E-state index in [-0.39, 0.29) is 23.3 Å². The second-order valence-corrected chi connectivity index (χ2v) is 7.59. The number of hydrogen-bond donors (Lipinski definition) is 1. The fourth-order valence-corrected chi connectivity index (χ4v) is 3.67. The predicted molar refractivity (Wildman–Crippen MR) is 117 cm³/mol. The lowest BCUT2D eigenvalue weighted by atomic mass is 10.2. The molecule has 1 heterocycles. The van der Waals surface area contributed by atoms with Crippen LogP contribution in [-0.4, -0.2) is 33.9 Å². The van der Waals surface area contributed by atoms with Gasteiger partial charge < -0.3 is 10.1 Å². The molecule has 6 nitrogen and oxygen atoms in total. The second-order valence-electron chi connectivity index (χ2n) is 6.64. The van der Waals surface area contributed by atoms with Gasteiger partial charge in [-0.2, -0.15) is 0 Å². The third-order valence-corrected chi connectivity index (χ3v) is 5.44. The predicted octanol–water partition coefficient (Wildman–Crippen LogP) is 3.79. The molecule has 3 rings (SSSR count). The van der Waals surface area contributed by atoms with Crippen LogP contribution in [0.15, 0.2) is 58.5 Å². The smallest absolute Gasteiger partial charge is 0.266 e. The van der Waals surface area contributed by atoms with Crippen molar-refractivity contribution in [3.05, 3.63) is 58.9 Å². The van der Waals surface area contributed by atoms with E-state index >= 15 is 0 Å². The molecule has 0 aliphatic heterocycles. The highest BCUT2D eigenvalue weighted by Gasteiger charge is 2.15. The Morgan fingerprint density at radius 2 is 1.90 bits per heavy atom. The molecule has 0 spiro atoms. The van der Waals surface area contributed by atoms with Crippen LogP contribution in [0.1, 0.15) is 27.2 Å². The molecule has 152 valence electrons. The summed E-state index contributed by atoms with van der Waals surface area (Å²) in [7, 11) is 0. The van der Waals surface area contributed by atoms with Gasteiger partial charge in [-0.05, 0) is 56.7 Å². The summed E-state index contributed by atoms with van der Waals surface area (Å²) in [6.45, 7) is 6.48. The first kappa shape index (κ1) is 20.9. The van der Waals surface area contributed by atoms with Gasteiger partial charge in [0, 0.05) is 6.04 Å². The van der Waals surface area contributed by atoms with Crippen molar-refractivity contribution in [2.45, 2.75) is 38.4 Å². The zero-order chi connectivity index (χ0) is 20.8. The van der Waals surface area contributed by atoms with Gasteiger partial charge in [0.05, 0.1) is 29.0 Å². The molecule has 29 heavy (non-hydrogen) atoms. The van der Waals surface area contributed by atoms with Crippen LogP contribution in [0.5, 0.6) is 5.75 Å². The minimum Gasteiger partial charge on any atom is -0.494 e. The van der Waals surface area contributed by atoms with Crippen LogP contribution in [-0.2, 0) is 4.79 Å². The number of hydrogen-bond acceptors (Lipinski definition) is 5. The number of carbonyl (C=O) groups excluding carboxylic acids is 1. The molecule has 1 N–H and O–H groups in total. The van der Waals surface area contributed by atoms with Crippen LogP contribution in [0, 0.1) is 0 Å². The highest BCUT2D eigenvalue weighted by Crippen LogP contribution is 2.23. The molecule has 0 fully saturated rings. The fourth-order valence-electron chi connectivity index (χ4n) is 2.84. The van der Waals surface area contributed by atoms with E-state index in [9.17, 15) is 9.59 Å². The number of aromatic nitrogens is 2. The van der Waals surface area contributed by atoms with Crippen LogP contribution in [0.3, 0.4) is 0 Å².